The number of nitrogens with zero attached hydrogens (tertiary/aromatic N) is 4. The maximum atomic E-state index is 13.2. The number of carbonyl (C=O) groups is 1. The summed E-state index contributed by atoms with van der Waals surface area (Å²) in [4.78, 5) is 36.0. The van der Waals surface area contributed by atoms with Crippen molar-refractivity contribution in [2.75, 3.05) is 25.5 Å². The van der Waals surface area contributed by atoms with Crippen molar-refractivity contribution in [3.63, 3.8) is 0 Å². The first-order chi connectivity index (χ1) is 15.1. The highest BCUT2D eigenvalue weighted by Crippen LogP contribution is 2.36. The summed E-state index contributed by atoms with van der Waals surface area (Å²) in [6.07, 6.45) is 5.74. The Labute approximate surface area is 179 Å². The van der Waals surface area contributed by atoms with E-state index in [-0.39, 0.29) is 23.4 Å². The molecular formula is C23H23N5O3. The van der Waals surface area contributed by atoms with E-state index >= 15 is 0 Å². The Morgan fingerprint density at radius 1 is 1.10 bits per heavy atom. The fourth-order valence-electron chi connectivity index (χ4n) is 4.71. The molecule has 2 aliphatic rings. The van der Waals surface area contributed by atoms with Crippen LogP contribution in [0.3, 0.4) is 0 Å². The maximum Gasteiger partial charge on any atom is 0.321 e. The van der Waals surface area contributed by atoms with Crippen LogP contribution < -0.4 is 15.6 Å². The van der Waals surface area contributed by atoms with Gasteiger partial charge in [-0.1, -0.05) is 12.1 Å². The number of piperidine rings is 1. The van der Waals surface area contributed by atoms with Crippen molar-refractivity contribution >= 4 is 11.7 Å². The molecule has 0 spiro atoms. The van der Waals surface area contributed by atoms with E-state index in [4.69, 9.17) is 4.74 Å². The van der Waals surface area contributed by atoms with Crippen molar-refractivity contribution in [1.29, 1.82) is 0 Å². The molecule has 0 saturated carbocycles. The SMILES string of the molecule is COc1ccccc1NC(=O)N1CC2CC(C1)c1ccc(-c3cncnc3)c(=O)n1C2. The van der Waals surface area contributed by atoms with Gasteiger partial charge in [0.05, 0.1) is 18.4 Å². The summed E-state index contributed by atoms with van der Waals surface area (Å²) in [6.45, 7) is 1.79. The highest BCUT2D eigenvalue weighted by molar-refractivity contribution is 5.91. The number of fused-ring (bicyclic) bond motifs is 4. The van der Waals surface area contributed by atoms with Gasteiger partial charge in [-0.25, -0.2) is 14.8 Å². The van der Waals surface area contributed by atoms with Crippen LogP contribution in [0.4, 0.5) is 10.5 Å². The van der Waals surface area contributed by atoms with Gasteiger partial charge in [-0.3, -0.25) is 4.79 Å². The number of para-hydroxylation sites is 2. The summed E-state index contributed by atoms with van der Waals surface area (Å²) in [5.74, 6) is 0.988. The van der Waals surface area contributed by atoms with Gasteiger partial charge in [-0.05, 0) is 36.6 Å². The first kappa shape index (κ1) is 19.3. The predicted octanol–water partition coefficient (Wildman–Crippen LogP) is 2.97. The topological polar surface area (TPSA) is 89.3 Å². The van der Waals surface area contributed by atoms with Crippen LogP contribution in [0.15, 0.2) is 59.9 Å². The van der Waals surface area contributed by atoms with E-state index in [1.165, 1.54) is 6.33 Å². The van der Waals surface area contributed by atoms with Crippen LogP contribution in [0.5, 0.6) is 5.75 Å². The third-order valence-electron chi connectivity index (χ3n) is 6.11. The molecule has 1 fully saturated rings. The van der Waals surface area contributed by atoms with Crippen molar-refractivity contribution in [2.45, 2.75) is 18.9 Å². The summed E-state index contributed by atoms with van der Waals surface area (Å²) in [7, 11) is 1.58. The second-order valence-electron chi connectivity index (χ2n) is 8.05. The second-order valence-corrected chi connectivity index (χ2v) is 8.05. The van der Waals surface area contributed by atoms with Gasteiger partial charge < -0.3 is 19.5 Å². The number of hydrogen-bond donors (Lipinski definition) is 1. The molecule has 2 atom stereocenters. The molecule has 158 valence electrons. The molecule has 5 rings (SSSR count). The Kier molecular flexibility index (Phi) is 4.89. The van der Waals surface area contributed by atoms with E-state index < -0.39 is 0 Å². The van der Waals surface area contributed by atoms with Gasteiger partial charge in [0.15, 0.2) is 0 Å². The van der Waals surface area contributed by atoms with E-state index in [1.807, 2.05) is 45.9 Å². The number of carbonyl (C=O) groups excluding carboxylic acids is 1. The number of aromatic nitrogens is 3. The summed E-state index contributed by atoms with van der Waals surface area (Å²) in [6, 6.07) is 11.1. The molecule has 0 aliphatic carbocycles. The number of pyridine rings is 1. The Hall–Kier alpha value is -3.68. The van der Waals surface area contributed by atoms with Gasteiger partial charge >= 0.3 is 6.03 Å². The zero-order valence-electron chi connectivity index (χ0n) is 17.2. The number of hydrogen-bond acceptors (Lipinski definition) is 5. The Bertz CT molecular complexity index is 1180. The molecule has 8 heteroatoms. The van der Waals surface area contributed by atoms with Crippen LogP contribution in [0.2, 0.25) is 0 Å². The number of nitrogens with one attached hydrogen (secondary N) is 1. The second kappa shape index (κ2) is 7.86. The summed E-state index contributed by atoms with van der Waals surface area (Å²) < 4.78 is 7.21. The summed E-state index contributed by atoms with van der Waals surface area (Å²) >= 11 is 0. The first-order valence-electron chi connectivity index (χ1n) is 10.3. The summed E-state index contributed by atoms with van der Waals surface area (Å²) in [5.41, 5.74) is 2.94. The monoisotopic (exact) mass is 417 g/mol. The molecule has 0 radical (unpaired) electrons. The van der Waals surface area contributed by atoms with E-state index in [9.17, 15) is 9.59 Å². The third-order valence-corrected chi connectivity index (χ3v) is 6.11. The average Bonchev–Trinajstić information content (AvgIpc) is 2.80. The molecule has 2 amide bonds. The lowest BCUT2D eigenvalue weighted by Crippen LogP contribution is -2.50. The molecule has 2 aliphatic heterocycles. The Morgan fingerprint density at radius 3 is 2.71 bits per heavy atom. The van der Waals surface area contributed by atoms with Crippen LogP contribution in [-0.4, -0.2) is 45.7 Å². The zero-order valence-corrected chi connectivity index (χ0v) is 17.2. The van der Waals surface area contributed by atoms with Gasteiger partial charge in [0.25, 0.3) is 5.56 Å². The zero-order chi connectivity index (χ0) is 21.4. The van der Waals surface area contributed by atoms with Gasteiger partial charge in [-0.2, -0.15) is 0 Å². The maximum absolute atomic E-state index is 13.2. The van der Waals surface area contributed by atoms with Gasteiger partial charge in [0.2, 0.25) is 0 Å². The number of rotatable bonds is 3. The minimum atomic E-state index is -0.145. The van der Waals surface area contributed by atoms with Gasteiger partial charge in [-0.15, -0.1) is 0 Å². The number of ether oxygens (including phenoxy) is 1. The standard InChI is InChI=1S/C23H23N5O3/c1-31-21-5-3-2-4-19(21)26-23(30)27-11-15-8-16(13-27)20-7-6-18(22(29)28(20)12-15)17-9-24-14-25-10-17/h2-7,9-10,14-16H,8,11-13H2,1H3,(H,26,30). The molecule has 1 aromatic carbocycles. The Morgan fingerprint density at radius 2 is 1.90 bits per heavy atom. The fourth-order valence-corrected chi connectivity index (χ4v) is 4.71. The van der Waals surface area contributed by atoms with E-state index in [0.717, 1.165) is 17.7 Å². The minimum Gasteiger partial charge on any atom is -0.495 e. The van der Waals surface area contributed by atoms with Crippen LogP contribution in [-0.2, 0) is 6.54 Å². The molecule has 2 bridgehead atoms. The molecule has 4 heterocycles. The van der Waals surface area contributed by atoms with E-state index in [2.05, 4.69) is 15.3 Å². The smallest absolute Gasteiger partial charge is 0.321 e. The number of methoxy groups -OCH3 is 1. The quantitative estimate of drug-likeness (QED) is 0.708. The predicted molar refractivity (Wildman–Crippen MR) is 116 cm³/mol. The van der Waals surface area contributed by atoms with Crippen LogP contribution in [0, 0.1) is 5.92 Å². The number of anilines is 1. The van der Waals surface area contributed by atoms with Crippen LogP contribution in [0.25, 0.3) is 11.1 Å². The van der Waals surface area contributed by atoms with Crippen LogP contribution >= 0.6 is 0 Å². The highest BCUT2D eigenvalue weighted by Gasteiger charge is 2.37. The molecule has 3 aromatic rings. The van der Waals surface area contributed by atoms with E-state index in [1.54, 1.807) is 19.5 Å². The molecule has 2 aromatic heterocycles. The molecule has 31 heavy (non-hydrogen) atoms. The first-order valence-corrected chi connectivity index (χ1v) is 10.3. The van der Waals surface area contributed by atoms with Crippen molar-refractivity contribution in [2.24, 2.45) is 5.92 Å². The van der Waals surface area contributed by atoms with Crippen molar-refractivity contribution < 1.29 is 9.53 Å². The number of amides is 2. The van der Waals surface area contributed by atoms with Crippen molar-refractivity contribution in [3.05, 3.63) is 71.2 Å². The lowest BCUT2D eigenvalue weighted by Gasteiger charge is -2.42. The summed E-state index contributed by atoms with van der Waals surface area (Å²) in [5, 5.41) is 2.97. The molecule has 8 nitrogen and oxygen atoms in total. The normalized spacial score (nSPS) is 19.5. The third kappa shape index (κ3) is 3.54. The van der Waals surface area contributed by atoms with Crippen LogP contribution in [0.1, 0.15) is 18.0 Å². The van der Waals surface area contributed by atoms with E-state index in [0.29, 0.717) is 36.6 Å². The van der Waals surface area contributed by atoms with Gasteiger partial charge in [0, 0.05) is 49.2 Å². The number of benzene rings is 1. The highest BCUT2D eigenvalue weighted by atomic mass is 16.5. The molecular weight excluding hydrogens is 394 g/mol. The largest absolute Gasteiger partial charge is 0.495 e. The van der Waals surface area contributed by atoms with Gasteiger partial charge in [0.1, 0.15) is 12.1 Å². The number of urea groups is 1. The lowest BCUT2D eigenvalue weighted by atomic mass is 9.83. The molecule has 1 saturated heterocycles. The average molecular weight is 417 g/mol. The van der Waals surface area contributed by atoms with Crippen molar-refractivity contribution in [3.8, 4) is 16.9 Å². The molecule has 2 unspecified atom stereocenters. The molecule has 1 N–H and O–H groups in total. The van der Waals surface area contributed by atoms with Crippen molar-refractivity contribution in [1.82, 2.24) is 19.4 Å². The lowest BCUT2D eigenvalue weighted by molar-refractivity contribution is 0.139. The minimum absolute atomic E-state index is 0.0195. The number of likely N-dealkylation sites (tertiary alicyclic amines) is 1. The Balaban J connectivity index is 1.39. The fraction of sp³-hybridized carbons (Fsp3) is 0.304.